The van der Waals surface area contributed by atoms with Crippen LogP contribution >= 0.6 is 0 Å². The first kappa shape index (κ1) is 14.9. The quantitative estimate of drug-likeness (QED) is 0.411. The smallest absolute Gasteiger partial charge is 0.0767 e. The first-order valence-corrected chi connectivity index (χ1v) is 5.47. The third kappa shape index (κ3) is 4.53. The molecular weight excluding hydrogens is 206 g/mol. The Bertz CT molecular complexity index is 448. The number of terminal acetylenes is 1. The van der Waals surface area contributed by atoms with Gasteiger partial charge < -0.3 is 0 Å². The zero-order chi connectivity index (χ0) is 13.3. The van der Waals surface area contributed by atoms with E-state index in [-0.39, 0.29) is 0 Å². The molecule has 0 aliphatic heterocycles. The predicted molar refractivity (Wildman–Crippen MR) is 77.2 cm³/mol. The van der Waals surface area contributed by atoms with E-state index in [9.17, 15) is 0 Å². The van der Waals surface area contributed by atoms with Crippen molar-refractivity contribution < 1.29 is 0 Å². The van der Waals surface area contributed by atoms with E-state index in [1.165, 1.54) is 0 Å². The highest BCUT2D eigenvalue weighted by Crippen LogP contribution is 2.13. The van der Waals surface area contributed by atoms with Crippen LogP contribution in [0.3, 0.4) is 0 Å². The summed E-state index contributed by atoms with van der Waals surface area (Å²) in [4.78, 5) is 0. The molecule has 1 nitrogen and oxygen atoms in total. The molecule has 0 saturated carbocycles. The van der Waals surface area contributed by atoms with Crippen LogP contribution < -0.4 is 0 Å². The summed E-state index contributed by atoms with van der Waals surface area (Å²) in [7, 11) is 0. The van der Waals surface area contributed by atoms with Gasteiger partial charge in [0.1, 0.15) is 0 Å². The topological polar surface area (TPSA) is 23.9 Å². The molecular formula is C16H19N. The van der Waals surface area contributed by atoms with Crippen LogP contribution in [0.1, 0.15) is 20.8 Å². The van der Waals surface area contributed by atoms with Gasteiger partial charge in [-0.25, -0.2) is 0 Å². The summed E-state index contributed by atoms with van der Waals surface area (Å²) < 4.78 is 0. The largest absolute Gasteiger partial charge is 0.299 e. The molecule has 0 aromatic rings. The molecule has 0 amide bonds. The molecule has 0 radical (unpaired) electrons. The summed E-state index contributed by atoms with van der Waals surface area (Å²) in [6, 6.07) is 0. The standard InChI is InChI=1S/C16H19N/c1-6-10-11-12-13(5)15(9-4)16(17)14(7-2)8-3/h2,6,8-12,17H,4H2,1,3,5H3/b10-6-,12-11-,14-8-,15-13-,17-16?. The monoisotopic (exact) mass is 225 g/mol. The van der Waals surface area contributed by atoms with Crippen LogP contribution in [0.15, 0.2) is 59.8 Å². The fourth-order valence-corrected chi connectivity index (χ4v) is 1.31. The maximum absolute atomic E-state index is 8.02. The van der Waals surface area contributed by atoms with Crippen molar-refractivity contribution in [2.45, 2.75) is 20.8 Å². The van der Waals surface area contributed by atoms with Crippen LogP contribution in [0, 0.1) is 17.8 Å². The molecule has 0 unspecified atom stereocenters. The number of hydrogen-bond acceptors (Lipinski definition) is 1. The molecule has 1 N–H and O–H groups in total. The van der Waals surface area contributed by atoms with Crippen molar-refractivity contribution >= 4 is 5.71 Å². The van der Waals surface area contributed by atoms with E-state index < -0.39 is 0 Å². The van der Waals surface area contributed by atoms with E-state index in [0.29, 0.717) is 11.3 Å². The first-order chi connectivity index (χ1) is 8.12. The fourth-order valence-electron chi connectivity index (χ4n) is 1.31. The molecule has 0 aromatic carbocycles. The van der Waals surface area contributed by atoms with E-state index >= 15 is 0 Å². The van der Waals surface area contributed by atoms with Crippen molar-refractivity contribution in [2.24, 2.45) is 0 Å². The lowest BCUT2D eigenvalue weighted by Gasteiger charge is -2.06. The summed E-state index contributed by atoms with van der Waals surface area (Å²) in [5, 5.41) is 8.02. The second-order valence-electron chi connectivity index (χ2n) is 3.41. The molecule has 88 valence electrons. The van der Waals surface area contributed by atoms with Crippen LogP contribution in [0.4, 0.5) is 0 Å². The molecule has 0 spiro atoms. The minimum Gasteiger partial charge on any atom is -0.299 e. The summed E-state index contributed by atoms with van der Waals surface area (Å²) in [5.74, 6) is 2.50. The molecule has 0 rings (SSSR count). The minimum absolute atomic E-state index is 0.340. The first-order valence-electron chi connectivity index (χ1n) is 5.47. The van der Waals surface area contributed by atoms with Gasteiger partial charge in [-0.15, -0.1) is 6.42 Å². The average Bonchev–Trinajstić information content (AvgIpc) is 2.32. The van der Waals surface area contributed by atoms with E-state index in [2.05, 4.69) is 12.5 Å². The van der Waals surface area contributed by atoms with Crippen LogP contribution in [-0.2, 0) is 0 Å². The Hall–Kier alpha value is -2.07. The maximum atomic E-state index is 8.02. The zero-order valence-corrected chi connectivity index (χ0v) is 10.7. The maximum Gasteiger partial charge on any atom is 0.0767 e. The van der Waals surface area contributed by atoms with Gasteiger partial charge in [0.25, 0.3) is 0 Å². The zero-order valence-electron chi connectivity index (χ0n) is 10.7. The molecule has 0 atom stereocenters. The Labute approximate surface area is 104 Å². The Morgan fingerprint density at radius 1 is 1.29 bits per heavy atom. The van der Waals surface area contributed by atoms with Gasteiger partial charge in [0.15, 0.2) is 0 Å². The van der Waals surface area contributed by atoms with Crippen LogP contribution in [0.25, 0.3) is 0 Å². The highest BCUT2D eigenvalue weighted by molar-refractivity contribution is 6.15. The summed E-state index contributed by atoms with van der Waals surface area (Å²) in [5.41, 5.74) is 2.65. The molecule has 0 aliphatic carbocycles. The molecule has 0 heterocycles. The highest BCUT2D eigenvalue weighted by atomic mass is 14.4. The van der Waals surface area contributed by atoms with Gasteiger partial charge in [0.05, 0.1) is 5.71 Å². The summed E-state index contributed by atoms with van der Waals surface area (Å²) in [6.45, 7) is 9.46. The molecule has 1 heteroatoms. The lowest BCUT2D eigenvalue weighted by molar-refractivity contribution is 1.42. The Kier molecular flexibility index (Phi) is 7.14. The van der Waals surface area contributed by atoms with E-state index in [1.54, 1.807) is 12.2 Å². The molecule has 0 saturated heterocycles. The molecule has 0 aromatic heterocycles. The lowest BCUT2D eigenvalue weighted by atomic mass is 9.98. The Balaban J connectivity index is 5.34. The average molecular weight is 225 g/mol. The van der Waals surface area contributed by atoms with Crippen molar-refractivity contribution in [3.05, 3.63) is 59.8 Å². The molecule has 0 aliphatic rings. The normalized spacial score (nSPS) is 13.6. The van der Waals surface area contributed by atoms with Gasteiger partial charge in [0, 0.05) is 11.1 Å². The van der Waals surface area contributed by atoms with Gasteiger partial charge in [-0.05, 0) is 26.3 Å². The number of nitrogens with one attached hydrogen (secondary N) is 1. The Morgan fingerprint density at radius 2 is 1.94 bits per heavy atom. The van der Waals surface area contributed by atoms with Gasteiger partial charge in [0.2, 0.25) is 0 Å². The second-order valence-corrected chi connectivity index (χ2v) is 3.41. The minimum atomic E-state index is 0.340. The summed E-state index contributed by atoms with van der Waals surface area (Å²) in [6.07, 6.45) is 16.5. The Morgan fingerprint density at radius 3 is 2.35 bits per heavy atom. The van der Waals surface area contributed by atoms with Gasteiger partial charge >= 0.3 is 0 Å². The lowest BCUT2D eigenvalue weighted by Crippen LogP contribution is -2.03. The predicted octanol–water partition coefficient (Wildman–Crippen LogP) is 4.22. The third-order valence-corrected chi connectivity index (χ3v) is 2.26. The number of hydrogen-bond donors (Lipinski definition) is 1. The molecule has 0 bridgehead atoms. The van der Waals surface area contributed by atoms with Crippen molar-refractivity contribution in [1.82, 2.24) is 0 Å². The summed E-state index contributed by atoms with van der Waals surface area (Å²) >= 11 is 0. The van der Waals surface area contributed by atoms with E-state index in [0.717, 1.165) is 11.1 Å². The molecule has 0 fully saturated rings. The highest BCUT2D eigenvalue weighted by Gasteiger charge is 2.07. The third-order valence-electron chi connectivity index (χ3n) is 2.26. The SMILES string of the molecule is C#C/C(=C/C)C(=N)\C(C=C)=C(C)/C=C\C=C/C. The van der Waals surface area contributed by atoms with E-state index in [1.807, 2.05) is 45.1 Å². The van der Waals surface area contributed by atoms with E-state index in [4.69, 9.17) is 11.8 Å². The van der Waals surface area contributed by atoms with Crippen molar-refractivity contribution in [3.8, 4) is 12.3 Å². The van der Waals surface area contributed by atoms with Crippen molar-refractivity contribution in [1.29, 1.82) is 5.41 Å². The van der Waals surface area contributed by atoms with Crippen LogP contribution in [0.5, 0.6) is 0 Å². The van der Waals surface area contributed by atoms with Crippen molar-refractivity contribution in [2.75, 3.05) is 0 Å². The van der Waals surface area contributed by atoms with Gasteiger partial charge in [-0.2, -0.15) is 0 Å². The van der Waals surface area contributed by atoms with Crippen LogP contribution in [-0.4, -0.2) is 5.71 Å². The molecule has 17 heavy (non-hydrogen) atoms. The second kappa shape index (κ2) is 8.13. The van der Waals surface area contributed by atoms with Gasteiger partial charge in [-0.1, -0.05) is 49.0 Å². The fraction of sp³-hybridized carbons (Fsp3) is 0.188. The van der Waals surface area contributed by atoms with Gasteiger partial charge in [-0.3, -0.25) is 5.41 Å². The number of allylic oxidation sites excluding steroid dienone is 9. The van der Waals surface area contributed by atoms with Crippen molar-refractivity contribution in [3.63, 3.8) is 0 Å². The number of rotatable bonds is 5. The van der Waals surface area contributed by atoms with Crippen LogP contribution in [0.2, 0.25) is 0 Å².